The van der Waals surface area contributed by atoms with E-state index >= 15 is 0 Å². The van der Waals surface area contributed by atoms with Crippen molar-refractivity contribution in [3.05, 3.63) is 17.5 Å². The van der Waals surface area contributed by atoms with Gasteiger partial charge in [0.25, 0.3) is 0 Å². The van der Waals surface area contributed by atoms with E-state index in [0.29, 0.717) is 10.9 Å². The minimum absolute atomic E-state index is 0.206. The number of nitrogens with one attached hydrogen (secondary N) is 1. The molecule has 64 valence electrons. The maximum atomic E-state index is 5.78. The SMILES string of the molecule is Clc1cncnc1OC1CNC1. The lowest BCUT2D eigenvalue weighted by Gasteiger charge is -2.27. The lowest BCUT2D eigenvalue weighted by Crippen LogP contribution is -2.50. The molecule has 1 aromatic heterocycles. The molecule has 0 aliphatic carbocycles. The zero-order valence-electron chi connectivity index (χ0n) is 6.33. The Morgan fingerprint density at radius 1 is 1.58 bits per heavy atom. The van der Waals surface area contributed by atoms with E-state index in [2.05, 4.69) is 15.3 Å². The lowest BCUT2D eigenvalue weighted by molar-refractivity contribution is 0.136. The third-order valence-electron chi connectivity index (χ3n) is 1.66. The third kappa shape index (κ3) is 1.49. The van der Waals surface area contributed by atoms with Crippen molar-refractivity contribution < 1.29 is 4.74 Å². The van der Waals surface area contributed by atoms with Crippen LogP contribution in [-0.2, 0) is 0 Å². The summed E-state index contributed by atoms with van der Waals surface area (Å²) < 4.78 is 5.44. The van der Waals surface area contributed by atoms with Crippen molar-refractivity contribution in [2.45, 2.75) is 6.10 Å². The fourth-order valence-corrected chi connectivity index (χ4v) is 1.04. The first-order valence-electron chi connectivity index (χ1n) is 3.69. The molecule has 0 saturated carbocycles. The van der Waals surface area contributed by atoms with Crippen molar-refractivity contribution in [1.29, 1.82) is 0 Å². The van der Waals surface area contributed by atoms with Gasteiger partial charge >= 0.3 is 0 Å². The summed E-state index contributed by atoms with van der Waals surface area (Å²) in [5, 5.41) is 3.55. The molecular weight excluding hydrogens is 178 g/mol. The first-order chi connectivity index (χ1) is 5.86. The Morgan fingerprint density at radius 2 is 2.42 bits per heavy atom. The van der Waals surface area contributed by atoms with Gasteiger partial charge < -0.3 is 10.1 Å². The van der Waals surface area contributed by atoms with E-state index in [9.17, 15) is 0 Å². The van der Waals surface area contributed by atoms with Gasteiger partial charge in [-0.2, -0.15) is 0 Å². The number of hydrogen-bond donors (Lipinski definition) is 1. The third-order valence-corrected chi connectivity index (χ3v) is 1.92. The van der Waals surface area contributed by atoms with Crippen LogP contribution in [0.1, 0.15) is 0 Å². The molecule has 1 fully saturated rings. The first kappa shape index (κ1) is 7.76. The highest BCUT2D eigenvalue weighted by Crippen LogP contribution is 2.20. The second-order valence-corrected chi connectivity index (χ2v) is 2.98. The van der Waals surface area contributed by atoms with Gasteiger partial charge in [-0.1, -0.05) is 11.6 Å². The Kier molecular flexibility index (Phi) is 2.10. The molecule has 4 nitrogen and oxygen atoms in total. The molecule has 0 unspecified atom stereocenters. The van der Waals surface area contributed by atoms with Crippen molar-refractivity contribution in [3.8, 4) is 5.88 Å². The summed E-state index contributed by atoms with van der Waals surface area (Å²) in [4.78, 5) is 7.66. The van der Waals surface area contributed by atoms with E-state index in [4.69, 9.17) is 16.3 Å². The Bertz CT molecular complexity index is 277. The predicted molar refractivity (Wildman–Crippen MR) is 44.3 cm³/mol. The van der Waals surface area contributed by atoms with Crippen molar-refractivity contribution in [2.24, 2.45) is 0 Å². The summed E-state index contributed by atoms with van der Waals surface area (Å²) in [6.45, 7) is 1.72. The van der Waals surface area contributed by atoms with Gasteiger partial charge in [0, 0.05) is 13.1 Å². The molecule has 0 aromatic carbocycles. The molecule has 0 amide bonds. The Balaban J connectivity index is 2.06. The largest absolute Gasteiger partial charge is 0.471 e. The maximum absolute atomic E-state index is 5.78. The highest BCUT2D eigenvalue weighted by Gasteiger charge is 2.19. The van der Waals surface area contributed by atoms with Crippen molar-refractivity contribution in [2.75, 3.05) is 13.1 Å². The predicted octanol–water partition coefficient (Wildman–Crippen LogP) is 0.481. The van der Waals surface area contributed by atoms with Gasteiger partial charge in [-0.25, -0.2) is 9.97 Å². The molecule has 0 spiro atoms. The van der Waals surface area contributed by atoms with Crippen molar-refractivity contribution in [3.63, 3.8) is 0 Å². The van der Waals surface area contributed by atoms with Crippen molar-refractivity contribution in [1.82, 2.24) is 15.3 Å². The standard InChI is InChI=1S/C7H8ClN3O/c8-6-3-10-4-11-7(6)12-5-1-9-2-5/h3-5,9H,1-2H2. The van der Waals surface area contributed by atoms with E-state index in [-0.39, 0.29) is 6.10 Å². The highest BCUT2D eigenvalue weighted by atomic mass is 35.5. The van der Waals surface area contributed by atoms with Gasteiger partial charge in [0.1, 0.15) is 17.5 Å². The average Bonchev–Trinajstić information content (AvgIpc) is 2.00. The number of aromatic nitrogens is 2. The number of ether oxygens (including phenoxy) is 1. The van der Waals surface area contributed by atoms with E-state index in [1.807, 2.05) is 0 Å². The van der Waals surface area contributed by atoms with Gasteiger partial charge in [-0.05, 0) is 0 Å². The van der Waals surface area contributed by atoms with Crippen LogP contribution in [0.4, 0.5) is 0 Å². The number of halogens is 1. The van der Waals surface area contributed by atoms with Crippen LogP contribution in [0.25, 0.3) is 0 Å². The number of hydrogen-bond acceptors (Lipinski definition) is 4. The fraction of sp³-hybridized carbons (Fsp3) is 0.429. The van der Waals surface area contributed by atoms with Gasteiger partial charge in [0.2, 0.25) is 5.88 Å². The minimum Gasteiger partial charge on any atom is -0.471 e. The molecule has 2 rings (SSSR count). The fourth-order valence-electron chi connectivity index (χ4n) is 0.892. The smallest absolute Gasteiger partial charge is 0.236 e. The monoisotopic (exact) mass is 185 g/mol. The van der Waals surface area contributed by atoms with Crippen LogP contribution < -0.4 is 10.1 Å². The first-order valence-corrected chi connectivity index (χ1v) is 4.07. The summed E-state index contributed by atoms with van der Waals surface area (Å²) in [7, 11) is 0. The zero-order valence-corrected chi connectivity index (χ0v) is 7.08. The van der Waals surface area contributed by atoms with Crippen LogP contribution in [0.15, 0.2) is 12.5 Å². The summed E-state index contributed by atoms with van der Waals surface area (Å²) >= 11 is 5.78. The second-order valence-electron chi connectivity index (χ2n) is 2.57. The molecular formula is C7H8ClN3O. The summed E-state index contributed by atoms with van der Waals surface area (Å²) in [6, 6.07) is 0. The molecule has 1 aromatic rings. The molecule has 0 bridgehead atoms. The summed E-state index contributed by atoms with van der Waals surface area (Å²) in [5.74, 6) is 0.471. The molecule has 1 aliphatic heterocycles. The van der Waals surface area contributed by atoms with E-state index in [0.717, 1.165) is 13.1 Å². The van der Waals surface area contributed by atoms with Crippen LogP contribution in [0.5, 0.6) is 5.88 Å². The molecule has 0 radical (unpaired) electrons. The van der Waals surface area contributed by atoms with Crippen molar-refractivity contribution >= 4 is 11.6 Å². The van der Waals surface area contributed by atoms with Gasteiger partial charge in [-0.3, -0.25) is 0 Å². The van der Waals surface area contributed by atoms with Gasteiger partial charge in [0.05, 0.1) is 6.20 Å². The summed E-state index contributed by atoms with van der Waals surface area (Å²) in [6.07, 6.45) is 3.15. The van der Waals surface area contributed by atoms with Crippen LogP contribution in [-0.4, -0.2) is 29.2 Å². The van der Waals surface area contributed by atoms with Gasteiger partial charge in [0.15, 0.2) is 0 Å². The van der Waals surface area contributed by atoms with Gasteiger partial charge in [-0.15, -0.1) is 0 Å². The second kappa shape index (κ2) is 3.25. The van der Waals surface area contributed by atoms with Crippen LogP contribution in [0.2, 0.25) is 5.02 Å². The minimum atomic E-state index is 0.206. The molecule has 1 saturated heterocycles. The van der Waals surface area contributed by atoms with Crippen LogP contribution >= 0.6 is 11.6 Å². The lowest BCUT2D eigenvalue weighted by atomic mass is 10.2. The highest BCUT2D eigenvalue weighted by molar-refractivity contribution is 6.31. The molecule has 1 aliphatic rings. The molecule has 2 heterocycles. The number of rotatable bonds is 2. The normalized spacial score (nSPS) is 17.1. The molecule has 5 heteroatoms. The zero-order chi connectivity index (χ0) is 8.39. The van der Waals surface area contributed by atoms with Crippen LogP contribution in [0, 0.1) is 0 Å². The Hall–Kier alpha value is -0.870. The Labute approximate surface area is 74.9 Å². The number of nitrogens with zero attached hydrogens (tertiary/aromatic N) is 2. The molecule has 0 atom stereocenters. The Morgan fingerprint density at radius 3 is 3.00 bits per heavy atom. The van der Waals surface area contributed by atoms with E-state index in [1.165, 1.54) is 12.5 Å². The van der Waals surface area contributed by atoms with E-state index < -0.39 is 0 Å². The quantitative estimate of drug-likeness (QED) is 0.728. The molecule has 12 heavy (non-hydrogen) atoms. The van der Waals surface area contributed by atoms with Crippen LogP contribution in [0.3, 0.4) is 0 Å². The summed E-state index contributed by atoms with van der Waals surface area (Å²) in [5.41, 5.74) is 0. The average molecular weight is 186 g/mol. The molecule has 1 N–H and O–H groups in total. The maximum Gasteiger partial charge on any atom is 0.236 e. The van der Waals surface area contributed by atoms with E-state index in [1.54, 1.807) is 0 Å². The topological polar surface area (TPSA) is 47.0 Å².